The van der Waals surface area contributed by atoms with E-state index in [1.54, 1.807) is 0 Å². The molecular weight excluding hydrogens is 214 g/mol. The minimum atomic E-state index is 0.486. The van der Waals surface area contributed by atoms with E-state index >= 15 is 0 Å². The molecule has 1 aliphatic carbocycles. The van der Waals surface area contributed by atoms with Crippen LogP contribution in [0.15, 0.2) is 18.2 Å². The molecule has 0 amide bonds. The van der Waals surface area contributed by atoms with Crippen LogP contribution < -0.4 is 15.2 Å². The summed E-state index contributed by atoms with van der Waals surface area (Å²) in [7, 11) is 0. The Hall–Kier alpha value is -1.22. The highest BCUT2D eigenvalue weighted by Gasteiger charge is 2.21. The summed E-state index contributed by atoms with van der Waals surface area (Å²) in [6.07, 6.45) is 3.87. The molecule has 0 aliphatic heterocycles. The number of hydrogen-bond donors (Lipinski definition) is 1. The fourth-order valence-corrected chi connectivity index (χ4v) is 1.89. The Balaban J connectivity index is 2.03. The van der Waals surface area contributed by atoms with E-state index in [4.69, 9.17) is 15.2 Å². The van der Waals surface area contributed by atoms with E-state index in [1.807, 2.05) is 25.1 Å². The van der Waals surface area contributed by atoms with Gasteiger partial charge in [0.1, 0.15) is 0 Å². The molecule has 1 saturated carbocycles. The lowest BCUT2D eigenvalue weighted by Gasteiger charge is -2.15. The molecule has 2 rings (SSSR count). The Morgan fingerprint density at radius 2 is 2.12 bits per heavy atom. The van der Waals surface area contributed by atoms with Crippen molar-refractivity contribution in [1.82, 2.24) is 0 Å². The van der Waals surface area contributed by atoms with Gasteiger partial charge >= 0.3 is 0 Å². The summed E-state index contributed by atoms with van der Waals surface area (Å²) in [4.78, 5) is 0. The van der Waals surface area contributed by atoms with Gasteiger partial charge in [0.15, 0.2) is 11.5 Å². The molecule has 3 nitrogen and oxygen atoms in total. The van der Waals surface area contributed by atoms with Crippen molar-refractivity contribution in [3.63, 3.8) is 0 Å². The van der Waals surface area contributed by atoms with Crippen LogP contribution in [0.25, 0.3) is 0 Å². The van der Waals surface area contributed by atoms with E-state index in [0.717, 1.165) is 36.0 Å². The standard InChI is InChI=1S/C14H21NO2/c1-2-16-13-5-3-4-12(10-15)14(13)17-9-8-11-6-7-11/h3-5,11H,2,6-10,15H2,1H3. The summed E-state index contributed by atoms with van der Waals surface area (Å²) in [6.45, 7) is 3.87. The molecule has 0 aromatic heterocycles. The molecule has 0 radical (unpaired) electrons. The first-order chi connectivity index (χ1) is 8.35. The molecule has 0 unspecified atom stereocenters. The summed E-state index contributed by atoms with van der Waals surface area (Å²) in [5.74, 6) is 2.53. The number of para-hydroxylation sites is 1. The van der Waals surface area contributed by atoms with Crippen LogP contribution in [0.1, 0.15) is 31.7 Å². The van der Waals surface area contributed by atoms with Crippen molar-refractivity contribution in [3.05, 3.63) is 23.8 Å². The fourth-order valence-electron chi connectivity index (χ4n) is 1.89. The van der Waals surface area contributed by atoms with Gasteiger partial charge in [-0.3, -0.25) is 0 Å². The van der Waals surface area contributed by atoms with Crippen molar-refractivity contribution in [1.29, 1.82) is 0 Å². The maximum atomic E-state index is 5.86. The topological polar surface area (TPSA) is 44.5 Å². The van der Waals surface area contributed by atoms with Gasteiger partial charge in [0, 0.05) is 12.1 Å². The quantitative estimate of drug-likeness (QED) is 0.790. The van der Waals surface area contributed by atoms with Crippen LogP contribution in [0.4, 0.5) is 0 Å². The van der Waals surface area contributed by atoms with Crippen molar-refractivity contribution in [3.8, 4) is 11.5 Å². The van der Waals surface area contributed by atoms with E-state index in [2.05, 4.69) is 0 Å². The lowest BCUT2D eigenvalue weighted by molar-refractivity contribution is 0.266. The molecule has 0 atom stereocenters. The maximum absolute atomic E-state index is 5.86. The molecule has 0 spiro atoms. The van der Waals surface area contributed by atoms with Crippen molar-refractivity contribution < 1.29 is 9.47 Å². The maximum Gasteiger partial charge on any atom is 0.165 e. The molecule has 0 bridgehead atoms. The van der Waals surface area contributed by atoms with Crippen molar-refractivity contribution >= 4 is 0 Å². The molecule has 2 N–H and O–H groups in total. The van der Waals surface area contributed by atoms with Gasteiger partial charge in [0.25, 0.3) is 0 Å². The molecule has 0 saturated heterocycles. The Kier molecular flexibility index (Phi) is 4.26. The summed E-state index contributed by atoms with van der Waals surface area (Å²) < 4.78 is 11.4. The van der Waals surface area contributed by atoms with Crippen LogP contribution >= 0.6 is 0 Å². The minimum Gasteiger partial charge on any atom is -0.490 e. The number of ether oxygens (including phenoxy) is 2. The smallest absolute Gasteiger partial charge is 0.165 e. The Bertz CT molecular complexity index is 361. The number of benzene rings is 1. The minimum absolute atomic E-state index is 0.486. The molecule has 1 aromatic rings. The lowest BCUT2D eigenvalue weighted by atomic mass is 10.2. The zero-order valence-corrected chi connectivity index (χ0v) is 10.4. The average molecular weight is 235 g/mol. The first-order valence-electron chi connectivity index (χ1n) is 6.42. The molecule has 1 aromatic carbocycles. The largest absolute Gasteiger partial charge is 0.490 e. The summed E-state index contributed by atoms with van der Waals surface area (Å²) in [5, 5.41) is 0. The molecule has 94 valence electrons. The van der Waals surface area contributed by atoms with Gasteiger partial charge in [0.05, 0.1) is 13.2 Å². The zero-order chi connectivity index (χ0) is 12.1. The average Bonchev–Trinajstić information content (AvgIpc) is 3.15. The van der Waals surface area contributed by atoms with Crippen LogP contribution in [-0.4, -0.2) is 13.2 Å². The predicted octanol–water partition coefficient (Wildman–Crippen LogP) is 2.72. The van der Waals surface area contributed by atoms with Gasteiger partial charge in [-0.1, -0.05) is 25.0 Å². The third-order valence-corrected chi connectivity index (χ3v) is 3.05. The van der Waals surface area contributed by atoms with E-state index in [0.29, 0.717) is 13.2 Å². The van der Waals surface area contributed by atoms with Crippen LogP contribution in [0.2, 0.25) is 0 Å². The third kappa shape index (κ3) is 3.37. The van der Waals surface area contributed by atoms with E-state index in [1.165, 1.54) is 12.8 Å². The van der Waals surface area contributed by atoms with E-state index < -0.39 is 0 Å². The number of hydrogen-bond acceptors (Lipinski definition) is 3. The molecule has 0 heterocycles. The van der Waals surface area contributed by atoms with Gasteiger partial charge < -0.3 is 15.2 Å². The molecule has 1 aliphatic rings. The van der Waals surface area contributed by atoms with Gasteiger partial charge in [-0.15, -0.1) is 0 Å². The SMILES string of the molecule is CCOc1cccc(CN)c1OCCC1CC1. The first-order valence-corrected chi connectivity index (χ1v) is 6.42. The van der Waals surface area contributed by atoms with E-state index in [9.17, 15) is 0 Å². The molecule has 17 heavy (non-hydrogen) atoms. The first kappa shape index (κ1) is 12.2. The highest BCUT2D eigenvalue weighted by Crippen LogP contribution is 2.34. The molecule has 1 fully saturated rings. The second-order valence-corrected chi connectivity index (χ2v) is 4.46. The zero-order valence-electron chi connectivity index (χ0n) is 10.4. The number of nitrogens with two attached hydrogens (primary N) is 1. The van der Waals surface area contributed by atoms with Crippen molar-refractivity contribution in [2.75, 3.05) is 13.2 Å². The summed E-state index contributed by atoms with van der Waals surface area (Å²) in [6, 6.07) is 5.89. The molecule has 3 heteroatoms. The van der Waals surface area contributed by atoms with Gasteiger partial charge in [-0.25, -0.2) is 0 Å². The predicted molar refractivity (Wildman–Crippen MR) is 68.3 cm³/mol. The second kappa shape index (κ2) is 5.92. The number of rotatable bonds is 7. The fraction of sp³-hybridized carbons (Fsp3) is 0.571. The van der Waals surface area contributed by atoms with E-state index in [-0.39, 0.29) is 0 Å². The summed E-state index contributed by atoms with van der Waals surface area (Å²) >= 11 is 0. The van der Waals surface area contributed by atoms with Gasteiger partial charge in [-0.05, 0) is 25.3 Å². The van der Waals surface area contributed by atoms with Crippen LogP contribution in [0.5, 0.6) is 11.5 Å². The van der Waals surface area contributed by atoms with Crippen molar-refractivity contribution in [2.45, 2.75) is 32.7 Å². The third-order valence-electron chi connectivity index (χ3n) is 3.05. The molecular formula is C14H21NO2. The Morgan fingerprint density at radius 3 is 2.76 bits per heavy atom. The second-order valence-electron chi connectivity index (χ2n) is 4.46. The normalized spacial score (nSPS) is 14.7. The van der Waals surface area contributed by atoms with Crippen LogP contribution in [0, 0.1) is 5.92 Å². The van der Waals surface area contributed by atoms with Crippen molar-refractivity contribution in [2.24, 2.45) is 11.7 Å². The van der Waals surface area contributed by atoms with Gasteiger partial charge in [-0.2, -0.15) is 0 Å². The lowest BCUT2D eigenvalue weighted by Crippen LogP contribution is -2.06. The Morgan fingerprint density at radius 1 is 1.29 bits per heavy atom. The highest BCUT2D eigenvalue weighted by atomic mass is 16.5. The van der Waals surface area contributed by atoms with Crippen LogP contribution in [0.3, 0.4) is 0 Å². The van der Waals surface area contributed by atoms with Gasteiger partial charge in [0.2, 0.25) is 0 Å². The van der Waals surface area contributed by atoms with Crippen LogP contribution in [-0.2, 0) is 6.54 Å². The highest BCUT2D eigenvalue weighted by molar-refractivity contribution is 5.46. The monoisotopic (exact) mass is 235 g/mol. The Labute approximate surface area is 103 Å². The summed E-state index contributed by atoms with van der Waals surface area (Å²) in [5.41, 5.74) is 6.74.